The molecular formula is C15H25N3OS. The van der Waals surface area contributed by atoms with Gasteiger partial charge in [-0.3, -0.25) is 4.79 Å². The number of rotatable bonds is 7. The Kier molecular flexibility index (Phi) is 6.85. The maximum absolute atomic E-state index is 12.3. The number of pyridine rings is 1. The fourth-order valence-electron chi connectivity index (χ4n) is 1.87. The average Bonchev–Trinajstić information content (AvgIpc) is 2.36. The second-order valence-electron chi connectivity index (χ2n) is 5.79. The summed E-state index contributed by atoms with van der Waals surface area (Å²) in [7, 11) is 0. The van der Waals surface area contributed by atoms with Crippen molar-refractivity contribution in [3.63, 3.8) is 0 Å². The molecule has 0 bridgehead atoms. The highest BCUT2D eigenvalue weighted by molar-refractivity contribution is 8.00. The molecule has 2 N–H and O–H groups in total. The van der Waals surface area contributed by atoms with Gasteiger partial charge in [0.25, 0.3) is 0 Å². The third kappa shape index (κ3) is 6.28. The van der Waals surface area contributed by atoms with Crippen molar-refractivity contribution < 1.29 is 4.79 Å². The van der Waals surface area contributed by atoms with E-state index in [-0.39, 0.29) is 5.91 Å². The smallest absolute Gasteiger partial charge is 0.232 e. The van der Waals surface area contributed by atoms with Crippen molar-refractivity contribution in [2.45, 2.75) is 32.6 Å². The maximum atomic E-state index is 12.3. The summed E-state index contributed by atoms with van der Waals surface area (Å²) in [6.45, 7) is 10.2. The topological polar surface area (TPSA) is 59.2 Å². The highest BCUT2D eigenvalue weighted by atomic mass is 32.2. The minimum absolute atomic E-state index is 0.189. The standard InChI is InChI=1S/C15H25N3OS/c1-11(2)8-18(9-12(3)4)15(19)10-20-13-5-6-14(16)17-7-13/h5-7,11-12H,8-10H2,1-4H3,(H2,16,17). The zero-order valence-electron chi connectivity index (χ0n) is 12.8. The number of carbonyl (C=O) groups excluding carboxylic acids is 1. The van der Waals surface area contributed by atoms with Crippen LogP contribution in [0.15, 0.2) is 23.2 Å². The molecule has 0 aliphatic heterocycles. The van der Waals surface area contributed by atoms with E-state index in [2.05, 4.69) is 32.7 Å². The van der Waals surface area contributed by atoms with Gasteiger partial charge in [0.15, 0.2) is 0 Å². The molecule has 0 aliphatic carbocycles. The molecule has 1 heterocycles. The van der Waals surface area contributed by atoms with E-state index in [1.165, 1.54) is 11.8 Å². The Morgan fingerprint density at radius 1 is 1.25 bits per heavy atom. The number of amides is 1. The zero-order valence-corrected chi connectivity index (χ0v) is 13.6. The number of hydrogen-bond donors (Lipinski definition) is 1. The Bertz CT molecular complexity index is 408. The molecule has 0 saturated carbocycles. The first-order valence-corrected chi connectivity index (χ1v) is 7.99. The zero-order chi connectivity index (χ0) is 15.1. The lowest BCUT2D eigenvalue weighted by molar-refractivity contribution is -0.129. The molecule has 0 saturated heterocycles. The van der Waals surface area contributed by atoms with Crippen LogP contribution in [0.5, 0.6) is 0 Å². The summed E-state index contributed by atoms with van der Waals surface area (Å²) < 4.78 is 0. The summed E-state index contributed by atoms with van der Waals surface area (Å²) in [5.41, 5.74) is 5.54. The average molecular weight is 295 g/mol. The van der Waals surface area contributed by atoms with Gasteiger partial charge in [0, 0.05) is 24.2 Å². The van der Waals surface area contributed by atoms with Gasteiger partial charge in [-0.2, -0.15) is 0 Å². The summed E-state index contributed by atoms with van der Waals surface area (Å²) in [6.07, 6.45) is 1.71. The summed E-state index contributed by atoms with van der Waals surface area (Å²) in [5.74, 6) is 2.11. The van der Waals surface area contributed by atoms with Crippen molar-refractivity contribution in [2.75, 3.05) is 24.6 Å². The Morgan fingerprint density at radius 3 is 2.30 bits per heavy atom. The van der Waals surface area contributed by atoms with Crippen molar-refractivity contribution in [2.24, 2.45) is 11.8 Å². The van der Waals surface area contributed by atoms with E-state index in [0.717, 1.165) is 18.0 Å². The SMILES string of the molecule is CC(C)CN(CC(C)C)C(=O)CSc1ccc(N)nc1. The molecule has 5 heteroatoms. The van der Waals surface area contributed by atoms with Gasteiger partial charge < -0.3 is 10.6 Å². The quantitative estimate of drug-likeness (QED) is 0.786. The van der Waals surface area contributed by atoms with E-state index < -0.39 is 0 Å². The molecule has 20 heavy (non-hydrogen) atoms. The van der Waals surface area contributed by atoms with Crippen LogP contribution in [0.3, 0.4) is 0 Å². The third-order valence-electron chi connectivity index (χ3n) is 2.65. The Hall–Kier alpha value is -1.23. The molecule has 0 radical (unpaired) electrons. The Balaban J connectivity index is 2.54. The predicted molar refractivity (Wildman–Crippen MR) is 85.6 cm³/mol. The van der Waals surface area contributed by atoms with Gasteiger partial charge in [0.2, 0.25) is 5.91 Å². The highest BCUT2D eigenvalue weighted by Crippen LogP contribution is 2.18. The van der Waals surface area contributed by atoms with Gasteiger partial charge >= 0.3 is 0 Å². The summed E-state index contributed by atoms with van der Waals surface area (Å²) in [4.78, 5) is 19.3. The van der Waals surface area contributed by atoms with Crippen molar-refractivity contribution >= 4 is 23.5 Å². The van der Waals surface area contributed by atoms with E-state index in [9.17, 15) is 4.79 Å². The van der Waals surface area contributed by atoms with Crippen LogP contribution < -0.4 is 5.73 Å². The lowest BCUT2D eigenvalue weighted by Gasteiger charge is -2.26. The van der Waals surface area contributed by atoms with E-state index in [1.807, 2.05) is 11.0 Å². The lowest BCUT2D eigenvalue weighted by atomic mass is 10.1. The monoisotopic (exact) mass is 295 g/mol. The van der Waals surface area contributed by atoms with Crippen LogP contribution in [-0.2, 0) is 4.79 Å². The molecule has 0 aromatic carbocycles. The number of thioether (sulfide) groups is 1. The van der Waals surface area contributed by atoms with Crippen LogP contribution in [0.4, 0.5) is 5.82 Å². The number of nitrogens with zero attached hydrogens (tertiary/aromatic N) is 2. The first kappa shape index (κ1) is 16.8. The first-order chi connectivity index (χ1) is 9.38. The van der Waals surface area contributed by atoms with E-state index >= 15 is 0 Å². The van der Waals surface area contributed by atoms with Crippen molar-refractivity contribution in [3.05, 3.63) is 18.3 Å². The second kappa shape index (κ2) is 8.15. The first-order valence-electron chi connectivity index (χ1n) is 7.00. The Morgan fingerprint density at radius 2 is 1.85 bits per heavy atom. The molecule has 0 unspecified atom stereocenters. The Labute approximate surface area is 126 Å². The fraction of sp³-hybridized carbons (Fsp3) is 0.600. The van der Waals surface area contributed by atoms with Crippen LogP contribution >= 0.6 is 11.8 Å². The van der Waals surface area contributed by atoms with Crippen LogP contribution in [0, 0.1) is 11.8 Å². The molecule has 0 aliphatic rings. The fourth-order valence-corrected chi connectivity index (χ4v) is 2.64. The molecule has 0 spiro atoms. The molecule has 0 fully saturated rings. The molecule has 4 nitrogen and oxygen atoms in total. The largest absolute Gasteiger partial charge is 0.384 e. The van der Waals surface area contributed by atoms with E-state index in [1.54, 1.807) is 12.3 Å². The summed E-state index contributed by atoms with van der Waals surface area (Å²) in [6, 6.07) is 3.66. The maximum Gasteiger partial charge on any atom is 0.232 e. The van der Waals surface area contributed by atoms with Crippen LogP contribution in [-0.4, -0.2) is 34.6 Å². The van der Waals surface area contributed by atoms with Crippen LogP contribution in [0.2, 0.25) is 0 Å². The minimum atomic E-state index is 0.189. The number of nitrogens with two attached hydrogens (primary N) is 1. The van der Waals surface area contributed by atoms with Gasteiger partial charge in [-0.25, -0.2) is 4.98 Å². The van der Waals surface area contributed by atoms with Gasteiger partial charge in [-0.05, 0) is 24.0 Å². The number of nitrogen functional groups attached to an aromatic ring is 1. The van der Waals surface area contributed by atoms with Crippen molar-refractivity contribution in [1.82, 2.24) is 9.88 Å². The van der Waals surface area contributed by atoms with Crippen molar-refractivity contribution in [3.8, 4) is 0 Å². The normalized spacial score (nSPS) is 11.1. The molecular weight excluding hydrogens is 270 g/mol. The van der Waals surface area contributed by atoms with Gasteiger partial charge in [0.05, 0.1) is 5.75 Å². The summed E-state index contributed by atoms with van der Waals surface area (Å²) in [5, 5.41) is 0. The third-order valence-corrected chi connectivity index (χ3v) is 3.61. The summed E-state index contributed by atoms with van der Waals surface area (Å²) >= 11 is 1.51. The predicted octanol–water partition coefficient (Wildman–Crippen LogP) is 2.90. The second-order valence-corrected chi connectivity index (χ2v) is 6.84. The van der Waals surface area contributed by atoms with Crippen molar-refractivity contribution in [1.29, 1.82) is 0 Å². The van der Waals surface area contributed by atoms with E-state index in [4.69, 9.17) is 5.73 Å². The molecule has 112 valence electrons. The molecule has 1 aromatic rings. The highest BCUT2D eigenvalue weighted by Gasteiger charge is 2.16. The lowest BCUT2D eigenvalue weighted by Crippen LogP contribution is -2.38. The van der Waals surface area contributed by atoms with Gasteiger partial charge in [-0.15, -0.1) is 11.8 Å². The number of hydrogen-bond acceptors (Lipinski definition) is 4. The molecule has 0 atom stereocenters. The van der Waals surface area contributed by atoms with E-state index in [0.29, 0.717) is 23.4 Å². The molecule has 1 amide bonds. The van der Waals surface area contributed by atoms with Gasteiger partial charge in [-0.1, -0.05) is 27.7 Å². The van der Waals surface area contributed by atoms with Crippen LogP contribution in [0.1, 0.15) is 27.7 Å². The molecule has 1 rings (SSSR count). The van der Waals surface area contributed by atoms with Crippen LogP contribution in [0.25, 0.3) is 0 Å². The number of anilines is 1. The number of aromatic nitrogens is 1. The van der Waals surface area contributed by atoms with Gasteiger partial charge in [0.1, 0.15) is 5.82 Å². The molecule has 1 aromatic heterocycles. The minimum Gasteiger partial charge on any atom is -0.384 e. The number of carbonyl (C=O) groups is 1.